The van der Waals surface area contributed by atoms with Crippen LogP contribution in [0.1, 0.15) is 16.7 Å². The highest BCUT2D eigenvalue weighted by molar-refractivity contribution is 5.52. The molecule has 3 heteroatoms. The van der Waals surface area contributed by atoms with Gasteiger partial charge in [-0.2, -0.15) is 5.26 Å². The van der Waals surface area contributed by atoms with Crippen molar-refractivity contribution in [1.29, 1.82) is 5.26 Å². The van der Waals surface area contributed by atoms with E-state index in [4.69, 9.17) is 10.00 Å². The van der Waals surface area contributed by atoms with Crippen molar-refractivity contribution in [2.75, 3.05) is 11.9 Å². The summed E-state index contributed by atoms with van der Waals surface area (Å²) in [4.78, 5) is 0. The molecule has 0 saturated carbocycles. The van der Waals surface area contributed by atoms with E-state index in [1.807, 2.05) is 30.3 Å². The van der Waals surface area contributed by atoms with E-state index < -0.39 is 0 Å². The molecule has 0 aliphatic heterocycles. The van der Waals surface area contributed by atoms with Crippen LogP contribution in [-0.4, -0.2) is 6.61 Å². The van der Waals surface area contributed by atoms with E-state index in [-0.39, 0.29) is 6.61 Å². The van der Waals surface area contributed by atoms with Gasteiger partial charge in [0.25, 0.3) is 0 Å². The van der Waals surface area contributed by atoms with Gasteiger partial charge in [0.05, 0.1) is 0 Å². The van der Waals surface area contributed by atoms with E-state index in [0.717, 1.165) is 17.0 Å². The Bertz CT molecular complexity index is 629. The average Bonchev–Trinajstić information content (AvgIpc) is 2.45. The molecule has 0 radical (unpaired) electrons. The third kappa shape index (κ3) is 3.52. The van der Waals surface area contributed by atoms with Crippen LogP contribution < -0.4 is 10.1 Å². The highest BCUT2D eigenvalue weighted by Crippen LogP contribution is 2.21. The Labute approximate surface area is 119 Å². The second-order valence-corrected chi connectivity index (χ2v) is 4.73. The molecule has 0 heterocycles. The summed E-state index contributed by atoms with van der Waals surface area (Å²) in [6.45, 7) is 4.92. The largest absolute Gasteiger partial charge is 0.478 e. The molecule has 2 aromatic carbocycles. The third-order valence-electron chi connectivity index (χ3n) is 3.12. The number of hydrogen-bond acceptors (Lipinski definition) is 3. The molecule has 0 aliphatic carbocycles. The molecule has 3 nitrogen and oxygen atoms in total. The lowest BCUT2D eigenvalue weighted by molar-refractivity contribution is 0.364. The molecule has 0 spiro atoms. The summed E-state index contributed by atoms with van der Waals surface area (Å²) in [7, 11) is 0. The smallest absolute Gasteiger partial charge is 0.174 e. The highest BCUT2D eigenvalue weighted by Gasteiger charge is 2.04. The predicted molar refractivity (Wildman–Crippen MR) is 80.8 cm³/mol. The fourth-order valence-electron chi connectivity index (χ4n) is 2.10. The number of nitrogens with zero attached hydrogens (tertiary/aromatic N) is 1. The number of para-hydroxylation sites is 1. The molecule has 20 heavy (non-hydrogen) atoms. The molecule has 2 aromatic rings. The molecule has 0 aliphatic rings. The number of nitriles is 1. The van der Waals surface area contributed by atoms with Crippen molar-refractivity contribution in [1.82, 2.24) is 0 Å². The Balaban J connectivity index is 2.09. The maximum absolute atomic E-state index is 8.60. The summed E-state index contributed by atoms with van der Waals surface area (Å²) in [5.74, 6) is 0.756. The molecule has 0 aromatic heterocycles. The molecule has 0 saturated heterocycles. The predicted octanol–water partition coefficient (Wildman–Crippen LogP) is 3.82. The van der Waals surface area contributed by atoms with Gasteiger partial charge in [-0.05, 0) is 31.5 Å². The van der Waals surface area contributed by atoms with Gasteiger partial charge in [-0.3, -0.25) is 0 Å². The third-order valence-corrected chi connectivity index (χ3v) is 3.12. The van der Waals surface area contributed by atoms with E-state index in [9.17, 15) is 0 Å². The van der Waals surface area contributed by atoms with Crippen LogP contribution in [0, 0.1) is 25.2 Å². The Morgan fingerprint density at radius 2 is 1.95 bits per heavy atom. The zero-order chi connectivity index (χ0) is 14.4. The summed E-state index contributed by atoms with van der Waals surface area (Å²) in [5, 5.41) is 12.0. The Morgan fingerprint density at radius 3 is 2.70 bits per heavy atom. The van der Waals surface area contributed by atoms with Gasteiger partial charge in [0.1, 0.15) is 11.8 Å². The first kappa shape index (κ1) is 14.0. The van der Waals surface area contributed by atoms with Crippen molar-refractivity contribution in [2.45, 2.75) is 20.4 Å². The van der Waals surface area contributed by atoms with Gasteiger partial charge in [0.2, 0.25) is 0 Å². The SMILES string of the molecule is Cc1ccc(NCc2ccccc2OCC#N)c(C)c1. The lowest BCUT2D eigenvalue weighted by atomic mass is 10.1. The van der Waals surface area contributed by atoms with Crippen LogP contribution >= 0.6 is 0 Å². The molecule has 0 fully saturated rings. The van der Waals surface area contributed by atoms with E-state index in [1.165, 1.54) is 11.1 Å². The van der Waals surface area contributed by atoms with Crippen molar-refractivity contribution < 1.29 is 4.74 Å². The van der Waals surface area contributed by atoms with Crippen molar-refractivity contribution in [3.8, 4) is 11.8 Å². The number of ether oxygens (including phenoxy) is 1. The number of anilines is 1. The minimum atomic E-state index is 0.0700. The van der Waals surface area contributed by atoms with Crippen molar-refractivity contribution >= 4 is 5.69 Å². The van der Waals surface area contributed by atoms with Gasteiger partial charge in [-0.15, -0.1) is 0 Å². The Hall–Kier alpha value is -2.47. The van der Waals surface area contributed by atoms with Crippen LogP contribution in [0.3, 0.4) is 0 Å². The van der Waals surface area contributed by atoms with Gasteiger partial charge >= 0.3 is 0 Å². The second kappa shape index (κ2) is 6.63. The molecular weight excluding hydrogens is 248 g/mol. The van der Waals surface area contributed by atoms with Crippen molar-refractivity contribution in [2.24, 2.45) is 0 Å². The zero-order valence-corrected chi connectivity index (χ0v) is 11.8. The standard InChI is InChI=1S/C17H18N2O/c1-13-7-8-16(14(2)11-13)19-12-15-5-3-4-6-17(15)20-10-9-18/h3-8,11,19H,10,12H2,1-2H3. The van der Waals surface area contributed by atoms with Crippen molar-refractivity contribution in [3.63, 3.8) is 0 Å². The second-order valence-electron chi connectivity index (χ2n) is 4.73. The minimum Gasteiger partial charge on any atom is -0.478 e. The summed E-state index contributed by atoms with van der Waals surface area (Å²) in [5.41, 5.74) is 4.64. The average molecular weight is 266 g/mol. The molecule has 102 valence electrons. The van der Waals surface area contributed by atoms with E-state index in [0.29, 0.717) is 6.54 Å². The fourth-order valence-corrected chi connectivity index (χ4v) is 2.10. The van der Waals surface area contributed by atoms with Crippen LogP contribution in [-0.2, 0) is 6.54 Å². The first-order chi connectivity index (χ1) is 9.70. The maximum Gasteiger partial charge on any atom is 0.174 e. The summed E-state index contributed by atoms with van der Waals surface area (Å²) in [6, 6.07) is 16.1. The van der Waals surface area contributed by atoms with Crippen LogP contribution in [0.4, 0.5) is 5.69 Å². The van der Waals surface area contributed by atoms with Gasteiger partial charge < -0.3 is 10.1 Å². The quantitative estimate of drug-likeness (QED) is 0.894. The summed E-state index contributed by atoms with van der Waals surface area (Å²) >= 11 is 0. The van der Waals surface area contributed by atoms with Gasteiger partial charge in [-0.25, -0.2) is 0 Å². The van der Waals surface area contributed by atoms with Crippen LogP contribution in [0.5, 0.6) is 5.75 Å². The molecule has 0 amide bonds. The number of aryl methyl sites for hydroxylation is 2. The van der Waals surface area contributed by atoms with Crippen LogP contribution in [0.25, 0.3) is 0 Å². The molecule has 1 N–H and O–H groups in total. The van der Waals surface area contributed by atoms with Gasteiger partial charge in [0.15, 0.2) is 6.61 Å². The van der Waals surface area contributed by atoms with Crippen LogP contribution in [0.15, 0.2) is 42.5 Å². The van der Waals surface area contributed by atoms with E-state index in [2.05, 4.69) is 37.4 Å². The summed E-state index contributed by atoms with van der Waals surface area (Å²) in [6.07, 6.45) is 0. The van der Waals surface area contributed by atoms with Gasteiger partial charge in [-0.1, -0.05) is 35.9 Å². The molecule has 0 bridgehead atoms. The van der Waals surface area contributed by atoms with Crippen molar-refractivity contribution in [3.05, 3.63) is 59.2 Å². The fraction of sp³-hybridized carbons (Fsp3) is 0.235. The number of benzene rings is 2. The first-order valence-corrected chi connectivity index (χ1v) is 6.59. The van der Waals surface area contributed by atoms with Crippen LogP contribution in [0.2, 0.25) is 0 Å². The lowest BCUT2D eigenvalue weighted by Gasteiger charge is -2.13. The van der Waals surface area contributed by atoms with Gasteiger partial charge in [0, 0.05) is 17.8 Å². The lowest BCUT2D eigenvalue weighted by Crippen LogP contribution is -2.04. The Morgan fingerprint density at radius 1 is 1.15 bits per heavy atom. The Kier molecular flexibility index (Phi) is 4.62. The normalized spacial score (nSPS) is 9.85. The molecular formula is C17H18N2O. The van der Waals surface area contributed by atoms with E-state index in [1.54, 1.807) is 0 Å². The number of rotatable bonds is 5. The van der Waals surface area contributed by atoms with E-state index >= 15 is 0 Å². The maximum atomic E-state index is 8.60. The zero-order valence-electron chi connectivity index (χ0n) is 11.8. The monoisotopic (exact) mass is 266 g/mol. The topological polar surface area (TPSA) is 45.0 Å². The number of nitrogens with one attached hydrogen (secondary N) is 1. The first-order valence-electron chi connectivity index (χ1n) is 6.59. The molecule has 0 atom stereocenters. The minimum absolute atomic E-state index is 0.0700. The summed E-state index contributed by atoms with van der Waals surface area (Å²) < 4.78 is 5.42. The highest BCUT2D eigenvalue weighted by atomic mass is 16.5. The molecule has 2 rings (SSSR count). The number of hydrogen-bond donors (Lipinski definition) is 1. The molecule has 0 unspecified atom stereocenters.